The van der Waals surface area contributed by atoms with Crippen LogP contribution in [0.5, 0.6) is 5.88 Å². The SMILES string of the molecule is Cc1ccc2c(n1)OCCC2N.Cl. The average Bonchev–Trinajstić information content (AvgIpc) is 2.04. The predicted molar refractivity (Wildman–Crippen MR) is 53.3 cm³/mol. The number of halogens is 1. The second-order valence-electron chi connectivity index (χ2n) is 3.09. The quantitative estimate of drug-likeness (QED) is 0.692. The maximum Gasteiger partial charge on any atom is 0.218 e. The van der Waals surface area contributed by atoms with E-state index < -0.39 is 0 Å². The molecular formula is C9H13ClN2O. The fourth-order valence-electron chi connectivity index (χ4n) is 1.38. The maximum absolute atomic E-state index is 5.88. The number of ether oxygens (including phenoxy) is 1. The summed E-state index contributed by atoms with van der Waals surface area (Å²) in [6.45, 7) is 2.63. The van der Waals surface area contributed by atoms with Crippen LogP contribution in [0.4, 0.5) is 0 Å². The summed E-state index contributed by atoms with van der Waals surface area (Å²) >= 11 is 0. The van der Waals surface area contributed by atoms with Gasteiger partial charge >= 0.3 is 0 Å². The fraction of sp³-hybridized carbons (Fsp3) is 0.444. The Balaban J connectivity index is 0.000000845. The normalized spacial score (nSPS) is 19.7. The van der Waals surface area contributed by atoms with Crippen LogP contribution >= 0.6 is 12.4 Å². The Hall–Kier alpha value is -0.800. The van der Waals surface area contributed by atoms with Crippen molar-refractivity contribution in [2.45, 2.75) is 19.4 Å². The minimum absolute atomic E-state index is 0. The number of aryl methyl sites for hydroxylation is 1. The molecule has 0 radical (unpaired) electrons. The molecule has 2 N–H and O–H groups in total. The molecule has 0 amide bonds. The first-order valence-electron chi connectivity index (χ1n) is 4.13. The molecule has 0 fully saturated rings. The summed E-state index contributed by atoms with van der Waals surface area (Å²) in [6, 6.07) is 4.07. The van der Waals surface area contributed by atoms with Crippen molar-refractivity contribution in [3.63, 3.8) is 0 Å². The molecule has 1 unspecified atom stereocenters. The van der Waals surface area contributed by atoms with Crippen molar-refractivity contribution in [3.8, 4) is 5.88 Å². The molecule has 1 aliphatic rings. The lowest BCUT2D eigenvalue weighted by Crippen LogP contribution is -2.21. The lowest BCUT2D eigenvalue weighted by Gasteiger charge is -2.21. The predicted octanol–water partition coefficient (Wildman–Crippen LogP) is 1.59. The molecule has 1 aromatic rings. The van der Waals surface area contributed by atoms with Gasteiger partial charge in [0, 0.05) is 23.7 Å². The largest absolute Gasteiger partial charge is 0.477 e. The molecule has 72 valence electrons. The van der Waals surface area contributed by atoms with Crippen LogP contribution in [0.1, 0.15) is 23.7 Å². The van der Waals surface area contributed by atoms with E-state index in [1.54, 1.807) is 0 Å². The summed E-state index contributed by atoms with van der Waals surface area (Å²) < 4.78 is 5.38. The standard InChI is InChI=1S/C9H12N2O.ClH/c1-6-2-3-7-8(10)4-5-12-9(7)11-6;/h2-3,8H,4-5,10H2,1H3;1H. The molecule has 0 bridgehead atoms. The molecule has 2 heterocycles. The van der Waals surface area contributed by atoms with Gasteiger partial charge in [-0.3, -0.25) is 0 Å². The maximum atomic E-state index is 5.88. The first-order chi connectivity index (χ1) is 5.77. The van der Waals surface area contributed by atoms with Crippen molar-refractivity contribution in [1.82, 2.24) is 4.98 Å². The molecule has 13 heavy (non-hydrogen) atoms. The van der Waals surface area contributed by atoms with Gasteiger partial charge in [-0.25, -0.2) is 4.98 Å². The summed E-state index contributed by atoms with van der Waals surface area (Å²) in [5.74, 6) is 0.716. The molecule has 2 rings (SSSR count). The number of aromatic nitrogens is 1. The Morgan fingerprint density at radius 1 is 1.54 bits per heavy atom. The van der Waals surface area contributed by atoms with E-state index in [0.717, 1.165) is 17.7 Å². The van der Waals surface area contributed by atoms with E-state index in [1.807, 2.05) is 19.1 Å². The van der Waals surface area contributed by atoms with Crippen LogP contribution in [-0.2, 0) is 0 Å². The first kappa shape index (κ1) is 10.3. The van der Waals surface area contributed by atoms with Gasteiger partial charge in [0.15, 0.2) is 0 Å². The number of rotatable bonds is 0. The van der Waals surface area contributed by atoms with E-state index in [4.69, 9.17) is 10.5 Å². The molecule has 0 aliphatic carbocycles. The zero-order valence-electron chi connectivity index (χ0n) is 7.49. The van der Waals surface area contributed by atoms with E-state index in [-0.39, 0.29) is 18.4 Å². The highest BCUT2D eigenvalue weighted by Gasteiger charge is 2.18. The highest BCUT2D eigenvalue weighted by atomic mass is 35.5. The second-order valence-corrected chi connectivity index (χ2v) is 3.09. The zero-order chi connectivity index (χ0) is 8.55. The van der Waals surface area contributed by atoms with E-state index in [0.29, 0.717) is 12.5 Å². The van der Waals surface area contributed by atoms with Crippen molar-refractivity contribution < 1.29 is 4.74 Å². The van der Waals surface area contributed by atoms with Crippen molar-refractivity contribution in [2.75, 3.05) is 6.61 Å². The molecule has 4 heteroatoms. The van der Waals surface area contributed by atoms with Gasteiger partial charge in [0.05, 0.1) is 6.61 Å². The monoisotopic (exact) mass is 200 g/mol. The van der Waals surface area contributed by atoms with Gasteiger partial charge < -0.3 is 10.5 Å². The molecule has 0 spiro atoms. The van der Waals surface area contributed by atoms with Gasteiger partial charge in [-0.15, -0.1) is 12.4 Å². The summed E-state index contributed by atoms with van der Waals surface area (Å²) in [4.78, 5) is 4.26. The number of hydrogen-bond donors (Lipinski definition) is 1. The van der Waals surface area contributed by atoms with Crippen molar-refractivity contribution >= 4 is 12.4 Å². The molecule has 0 saturated carbocycles. The van der Waals surface area contributed by atoms with Gasteiger partial charge in [0.1, 0.15) is 0 Å². The molecule has 3 nitrogen and oxygen atoms in total. The number of nitrogens with two attached hydrogens (primary N) is 1. The highest BCUT2D eigenvalue weighted by molar-refractivity contribution is 5.85. The van der Waals surface area contributed by atoms with Gasteiger partial charge in [0.25, 0.3) is 0 Å². The van der Waals surface area contributed by atoms with Crippen molar-refractivity contribution in [2.24, 2.45) is 5.73 Å². The van der Waals surface area contributed by atoms with Gasteiger partial charge in [0.2, 0.25) is 5.88 Å². The fourth-order valence-corrected chi connectivity index (χ4v) is 1.38. The molecule has 0 aromatic carbocycles. The minimum atomic E-state index is 0. The van der Waals surface area contributed by atoms with Gasteiger partial charge in [-0.1, -0.05) is 6.07 Å². The van der Waals surface area contributed by atoms with E-state index in [9.17, 15) is 0 Å². The van der Waals surface area contributed by atoms with Crippen LogP contribution in [0.15, 0.2) is 12.1 Å². The topological polar surface area (TPSA) is 48.1 Å². The molecule has 0 saturated heterocycles. The van der Waals surface area contributed by atoms with Crippen molar-refractivity contribution in [1.29, 1.82) is 0 Å². The van der Waals surface area contributed by atoms with Crippen LogP contribution in [0, 0.1) is 6.92 Å². The van der Waals surface area contributed by atoms with Gasteiger partial charge in [-0.2, -0.15) is 0 Å². The Labute approximate surface area is 83.7 Å². The molecular weight excluding hydrogens is 188 g/mol. The third kappa shape index (κ3) is 1.92. The lowest BCUT2D eigenvalue weighted by atomic mass is 10.0. The minimum Gasteiger partial charge on any atom is -0.477 e. The summed E-state index contributed by atoms with van der Waals surface area (Å²) in [7, 11) is 0. The van der Waals surface area contributed by atoms with Crippen molar-refractivity contribution in [3.05, 3.63) is 23.4 Å². The van der Waals surface area contributed by atoms with Gasteiger partial charge in [-0.05, 0) is 13.0 Å². The Kier molecular flexibility index (Phi) is 3.12. The Bertz CT molecular complexity index is 304. The summed E-state index contributed by atoms with van der Waals surface area (Å²) in [6.07, 6.45) is 0.887. The van der Waals surface area contributed by atoms with E-state index in [2.05, 4.69) is 4.98 Å². The smallest absolute Gasteiger partial charge is 0.218 e. The lowest BCUT2D eigenvalue weighted by molar-refractivity contribution is 0.257. The Morgan fingerprint density at radius 3 is 3.08 bits per heavy atom. The highest BCUT2D eigenvalue weighted by Crippen LogP contribution is 2.28. The first-order valence-corrected chi connectivity index (χ1v) is 4.13. The van der Waals surface area contributed by atoms with Crippen LogP contribution in [0.25, 0.3) is 0 Å². The molecule has 1 atom stereocenters. The van der Waals surface area contributed by atoms with E-state index >= 15 is 0 Å². The number of fused-ring (bicyclic) bond motifs is 1. The van der Waals surface area contributed by atoms with Crippen LogP contribution < -0.4 is 10.5 Å². The average molecular weight is 201 g/mol. The second kappa shape index (κ2) is 3.94. The molecule has 1 aliphatic heterocycles. The number of hydrogen-bond acceptors (Lipinski definition) is 3. The van der Waals surface area contributed by atoms with Crippen LogP contribution in [0.3, 0.4) is 0 Å². The summed E-state index contributed by atoms with van der Waals surface area (Å²) in [5.41, 5.74) is 7.89. The van der Waals surface area contributed by atoms with Crippen LogP contribution in [0.2, 0.25) is 0 Å². The number of nitrogens with zero attached hydrogens (tertiary/aromatic N) is 1. The summed E-state index contributed by atoms with van der Waals surface area (Å²) in [5, 5.41) is 0. The van der Waals surface area contributed by atoms with Crippen LogP contribution in [-0.4, -0.2) is 11.6 Å². The Morgan fingerprint density at radius 2 is 2.31 bits per heavy atom. The zero-order valence-corrected chi connectivity index (χ0v) is 8.30. The third-order valence-corrected chi connectivity index (χ3v) is 2.10. The molecule has 1 aromatic heterocycles. The third-order valence-electron chi connectivity index (χ3n) is 2.10. The van der Waals surface area contributed by atoms with E-state index in [1.165, 1.54) is 0 Å². The number of pyridine rings is 1.